The van der Waals surface area contributed by atoms with Gasteiger partial charge in [-0.2, -0.15) is 13.2 Å². The zero-order valence-electron chi connectivity index (χ0n) is 21.9. The molecule has 0 radical (unpaired) electrons. The minimum Gasteiger partial charge on any atom is -0.464 e. The molecule has 0 saturated carbocycles. The van der Waals surface area contributed by atoms with Crippen molar-refractivity contribution in [2.75, 3.05) is 29.2 Å². The van der Waals surface area contributed by atoms with E-state index in [0.29, 0.717) is 16.8 Å². The molecule has 1 aliphatic rings. The first-order valence-corrected chi connectivity index (χ1v) is 12.5. The number of carbonyl (C=O) groups excluding carboxylic acids is 4. The second kappa shape index (κ2) is 12.0. The Morgan fingerprint density at radius 3 is 2.37 bits per heavy atom. The van der Waals surface area contributed by atoms with Crippen molar-refractivity contribution in [1.29, 1.82) is 0 Å². The van der Waals surface area contributed by atoms with Gasteiger partial charge in [-0.3, -0.25) is 4.79 Å². The molecule has 0 bridgehead atoms. The van der Waals surface area contributed by atoms with Crippen LogP contribution in [0.15, 0.2) is 54.9 Å². The first kappa shape index (κ1) is 29.0. The minimum absolute atomic E-state index is 0.00866. The van der Waals surface area contributed by atoms with Crippen LogP contribution in [0.4, 0.5) is 35.0 Å². The molecule has 1 atom stereocenters. The normalized spacial score (nSPS) is 14.3. The number of alkyl halides is 3. The van der Waals surface area contributed by atoms with E-state index >= 15 is 0 Å². The van der Waals surface area contributed by atoms with E-state index < -0.39 is 41.7 Å². The van der Waals surface area contributed by atoms with Gasteiger partial charge in [0, 0.05) is 24.6 Å². The first-order chi connectivity index (χ1) is 19.5. The first-order valence-electron chi connectivity index (χ1n) is 12.5. The summed E-state index contributed by atoms with van der Waals surface area (Å²) in [7, 11) is 0. The molecule has 1 unspecified atom stereocenters. The quantitative estimate of drug-likeness (QED) is 0.233. The lowest BCUT2D eigenvalue weighted by Crippen LogP contribution is -2.45. The minimum atomic E-state index is -4.77. The fourth-order valence-corrected chi connectivity index (χ4v) is 4.03. The Morgan fingerprint density at radius 2 is 1.71 bits per heavy atom. The van der Waals surface area contributed by atoms with Gasteiger partial charge in [0.05, 0.1) is 41.4 Å². The molecule has 0 saturated heterocycles. The molecule has 14 heteroatoms. The zero-order valence-corrected chi connectivity index (χ0v) is 21.9. The summed E-state index contributed by atoms with van der Waals surface area (Å²) in [4.78, 5) is 48.5. The molecule has 0 fully saturated rings. The molecule has 4 rings (SSSR count). The monoisotopic (exact) mass is 573 g/mol. The van der Waals surface area contributed by atoms with Crippen LogP contribution in [0.1, 0.15) is 35.3 Å². The highest BCUT2D eigenvalue weighted by Crippen LogP contribution is 2.40. The van der Waals surface area contributed by atoms with Crippen molar-refractivity contribution in [2.45, 2.75) is 32.6 Å². The van der Waals surface area contributed by atoms with E-state index in [1.165, 1.54) is 53.4 Å². The number of halogens is 3. The molecular formula is C27H26F3N5O6. The number of benzene rings is 2. The number of carbonyl (C=O) groups is 4. The zero-order chi connectivity index (χ0) is 29.7. The van der Waals surface area contributed by atoms with E-state index in [9.17, 15) is 32.3 Å². The second-order valence-corrected chi connectivity index (χ2v) is 8.76. The van der Waals surface area contributed by atoms with Crippen molar-refractivity contribution in [3.05, 3.63) is 71.5 Å². The van der Waals surface area contributed by atoms with Crippen LogP contribution in [-0.4, -0.2) is 47.7 Å². The Hall–Kier alpha value is -5.01. The second-order valence-electron chi connectivity index (χ2n) is 8.76. The fraction of sp³-hybridized carbons (Fsp3) is 0.259. The van der Waals surface area contributed by atoms with E-state index in [-0.39, 0.29) is 36.8 Å². The maximum Gasteiger partial charge on any atom is 0.418 e. The van der Waals surface area contributed by atoms with Crippen LogP contribution >= 0.6 is 0 Å². The van der Waals surface area contributed by atoms with Crippen LogP contribution in [0.5, 0.6) is 0 Å². The average Bonchev–Trinajstić information content (AvgIpc) is 3.40. The molecule has 2 aromatic carbocycles. The predicted molar refractivity (Wildman–Crippen MR) is 142 cm³/mol. The van der Waals surface area contributed by atoms with Gasteiger partial charge in [0.25, 0.3) is 5.91 Å². The fourth-order valence-electron chi connectivity index (χ4n) is 4.03. The predicted octanol–water partition coefficient (Wildman–Crippen LogP) is 4.29. The van der Waals surface area contributed by atoms with Crippen molar-refractivity contribution < 1.29 is 41.8 Å². The maximum absolute atomic E-state index is 14.0. The van der Waals surface area contributed by atoms with E-state index in [1.807, 2.05) is 0 Å². The number of aromatic nitrogens is 1. The maximum atomic E-state index is 14.0. The molecule has 3 amide bonds. The van der Waals surface area contributed by atoms with Crippen molar-refractivity contribution in [1.82, 2.24) is 9.88 Å². The lowest BCUT2D eigenvalue weighted by molar-refractivity contribution is -0.146. The molecule has 41 heavy (non-hydrogen) atoms. The molecule has 1 aliphatic heterocycles. The van der Waals surface area contributed by atoms with E-state index in [0.717, 1.165) is 6.07 Å². The van der Waals surface area contributed by atoms with Gasteiger partial charge in [0.2, 0.25) is 6.04 Å². The summed E-state index contributed by atoms with van der Waals surface area (Å²) in [6.07, 6.45) is -1.96. The highest BCUT2D eigenvalue weighted by molar-refractivity contribution is 6.14. The van der Waals surface area contributed by atoms with Gasteiger partial charge in [0.15, 0.2) is 0 Å². The van der Waals surface area contributed by atoms with E-state index in [4.69, 9.17) is 9.47 Å². The smallest absolute Gasteiger partial charge is 0.418 e. The van der Waals surface area contributed by atoms with Crippen molar-refractivity contribution in [2.24, 2.45) is 0 Å². The largest absolute Gasteiger partial charge is 0.464 e. The van der Waals surface area contributed by atoms with E-state index in [1.54, 1.807) is 13.8 Å². The van der Waals surface area contributed by atoms with Crippen molar-refractivity contribution >= 4 is 40.9 Å². The Balaban J connectivity index is 1.48. The van der Waals surface area contributed by atoms with Gasteiger partial charge in [-0.1, -0.05) is 0 Å². The van der Waals surface area contributed by atoms with Gasteiger partial charge >= 0.3 is 24.1 Å². The van der Waals surface area contributed by atoms with E-state index in [2.05, 4.69) is 21.3 Å². The summed E-state index contributed by atoms with van der Waals surface area (Å²) >= 11 is 0. The number of esters is 2. The molecule has 3 aromatic rings. The highest BCUT2D eigenvalue weighted by atomic mass is 19.4. The van der Waals surface area contributed by atoms with Crippen LogP contribution in [0.2, 0.25) is 0 Å². The number of amides is 3. The Morgan fingerprint density at radius 1 is 1.00 bits per heavy atom. The summed E-state index contributed by atoms with van der Waals surface area (Å²) in [5, 5.41) is 10.2. The number of hydrogen-bond donors (Lipinski definition) is 4. The van der Waals surface area contributed by atoms with Crippen LogP contribution in [0, 0.1) is 0 Å². The standard InChI is InChI=1S/C27H26F3N5O6/c1-3-40-24(37)16-5-7-17(8-6-16)32-26(39)31-13-15-9-10-35(14-15)21-12-20-19(11-18(21)27(28,29)30)34-23(36)22(33-20)25(38)41-4-2/h5-12,14,22,33H,3-4,13H2,1-2H3,(H,34,36)(H2,31,32,39). The molecule has 216 valence electrons. The third-order valence-electron chi connectivity index (χ3n) is 5.92. The molecule has 1 aromatic heterocycles. The molecule has 2 heterocycles. The van der Waals surface area contributed by atoms with Crippen molar-refractivity contribution in [3.63, 3.8) is 0 Å². The summed E-state index contributed by atoms with van der Waals surface area (Å²) in [5.74, 6) is -2.18. The molecule has 0 spiro atoms. The SMILES string of the molecule is CCOC(=O)c1ccc(NC(=O)NCc2ccn(-c3cc4c(cc3C(F)(F)F)NC(=O)C(C(=O)OCC)N4)c2)cc1. The summed E-state index contributed by atoms with van der Waals surface area (Å²) in [5.41, 5.74) is -0.0764. The van der Waals surface area contributed by atoms with Gasteiger partial charge in [-0.15, -0.1) is 0 Å². The number of hydrogen-bond acceptors (Lipinski definition) is 7. The molecule has 0 aliphatic carbocycles. The Kier molecular flexibility index (Phi) is 8.50. The number of fused-ring (bicyclic) bond motifs is 1. The van der Waals surface area contributed by atoms with Gasteiger partial charge in [0.1, 0.15) is 0 Å². The number of ether oxygens (including phenoxy) is 2. The number of urea groups is 1. The van der Waals surface area contributed by atoms with Crippen LogP contribution in [0.25, 0.3) is 5.69 Å². The van der Waals surface area contributed by atoms with Crippen molar-refractivity contribution in [3.8, 4) is 5.69 Å². The third-order valence-corrected chi connectivity index (χ3v) is 5.92. The Labute approximate surface area is 232 Å². The van der Waals surface area contributed by atoms with Gasteiger partial charge < -0.3 is 35.3 Å². The van der Waals surface area contributed by atoms with Crippen LogP contribution in [0.3, 0.4) is 0 Å². The van der Waals surface area contributed by atoms with Gasteiger partial charge in [-0.25, -0.2) is 14.4 Å². The summed E-state index contributed by atoms with van der Waals surface area (Å²) < 4.78 is 52.9. The number of nitrogens with zero attached hydrogens (tertiary/aromatic N) is 1. The lowest BCUT2D eigenvalue weighted by atomic mass is 10.1. The summed E-state index contributed by atoms with van der Waals surface area (Å²) in [6.45, 7) is 3.50. The topological polar surface area (TPSA) is 140 Å². The molecular weight excluding hydrogens is 547 g/mol. The average molecular weight is 574 g/mol. The van der Waals surface area contributed by atoms with Crippen LogP contribution < -0.4 is 21.3 Å². The molecule has 11 nitrogen and oxygen atoms in total. The number of nitrogens with one attached hydrogen (secondary N) is 4. The molecule has 4 N–H and O–H groups in total. The number of rotatable bonds is 8. The number of anilines is 3. The van der Waals surface area contributed by atoms with Gasteiger partial charge in [-0.05, 0) is 61.9 Å². The highest BCUT2D eigenvalue weighted by Gasteiger charge is 2.38. The Bertz CT molecular complexity index is 1470. The lowest BCUT2D eigenvalue weighted by Gasteiger charge is -2.27. The summed E-state index contributed by atoms with van der Waals surface area (Å²) in [6, 6.07) is 7.56. The van der Waals surface area contributed by atoms with Crippen LogP contribution in [-0.2, 0) is 31.8 Å². The third kappa shape index (κ3) is 6.77.